The number of nitrogens with one attached hydrogen (secondary N) is 1. The van der Waals surface area contributed by atoms with E-state index < -0.39 is 11.7 Å². The molecule has 29 heavy (non-hydrogen) atoms. The summed E-state index contributed by atoms with van der Waals surface area (Å²) >= 11 is 0. The van der Waals surface area contributed by atoms with Gasteiger partial charge in [-0.2, -0.15) is 0 Å². The summed E-state index contributed by atoms with van der Waals surface area (Å²) in [6.45, 7) is 0.652. The Bertz CT molecular complexity index is 1080. The summed E-state index contributed by atoms with van der Waals surface area (Å²) in [7, 11) is 2.77. The number of carbonyl (C=O) groups excluding carboxylic acids is 2. The molecule has 0 saturated heterocycles. The Kier molecular flexibility index (Phi) is 6.33. The average molecular weight is 398 g/mol. The van der Waals surface area contributed by atoms with Crippen LogP contribution in [0.5, 0.6) is 5.75 Å². The fourth-order valence-corrected chi connectivity index (χ4v) is 3.05. The monoisotopic (exact) mass is 398 g/mol. The van der Waals surface area contributed by atoms with Crippen molar-refractivity contribution in [3.05, 3.63) is 64.1 Å². The Balaban J connectivity index is 1.54. The molecule has 8 heteroatoms. The molecule has 2 aromatic carbocycles. The summed E-state index contributed by atoms with van der Waals surface area (Å²) in [4.78, 5) is 35.9. The number of fused-ring (bicyclic) bond motifs is 1. The van der Waals surface area contributed by atoms with Gasteiger partial charge in [-0.15, -0.1) is 0 Å². The summed E-state index contributed by atoms with van der Waals surface area (Å²) < 4.78 is 16.6. The molecule has 1 N–H and O–H groups in total. The second kappa shape index (κ2) is 9.09. The van der Waals surface area contributed by atoms with Crippen molar-refractivity contribution in [2.75, 3.05) is 14.2 Å². The lowest BCUT2D eigenvalue weighted by Gasteiger charge is -2.10. The van der Waals surface area contributed by atoms with Crippen LogP contribution in [0.1, 0.15) is 28.8 Å². The third-order valence-electron chi connectivity index (χ3n) is 4.52. The van der Waals surface area contributed by atoms with Gasteiger partial charge in [-0.1, -0.05) is 18.2 Å². The zero-order valence-corrected chi connectivity index (χ0v) is 16.3. The number of aromatic nitrogens is 1. The minimum Gasteiger partial charge on any atom is -0.496 e. The van der Waals surface area contributed by atoms with Crippen molar-refractivity contribution in [1.29, 1.82) is 0 Å². The van der Waals surface area contributed by atoms with E-state index in [0.717, 1.165) is 5.56 Å². The van der Waals surface area contributed by atoms with Crippen LogP contribution in [0.4, 0.5) is 0 Å². The fourth-order valence-electron chi connectivity index (χ4n) is 3.05. The first-order valence-electron chi connectivity index (χ1n) is 9.13. The highest BCUT2D eigenvalue weighted by Gasteiger charge is 2.14. The Hall–Kier alpha value is -3.55. The van der Waals surface area contributed by atoms with Crippen LogP contribution in [0.15, 0.2) is 51.7 Å². The van der Waals surface area contributed by atoms with Gasteiger partial charge in [0.15, 0.2) is 5.58 Å². The summed E-state index contributed by atoms with van der Waals surface area (Å²) in [6, 6.07) is 12.2. The molecular formula is C21H22N2O6. The molecule has 1 amide bonds. The first kappa shape index (κ1) is 20.2. The number of benzene rings is 2. The third-order valence-corrected chi connectivity index (χ3v) is 4.52. The van der Waals surface area contributed by atoms with Crippen LogP contribution in [-0.4, -0.2) is 30.7 Å². The highest BCUT2D eigenvalue weighted by atomic mass is 16.5. The molecule has 152 valence electrons. The third kappa shape index (κ3) is 4.66. The molecule has 3 rings (SSSR count). The van der Waals surface area contributed by atoms with E-state index in [2.05, 4.69) is 5.32 Å². The van der Waals surface area contributed by atoms with E-state index >= 15 is 0 Å². The first-order chi connectivity index (χ1) is 14.0. The van der Waals surface area contributed by atoms with E-state index in [1.807, 2.05) is 12.1 Å². The van der Waals surface area contributed by atoms with E-state index in [1.165, 1.54) is 18.8 Å². The molecule has 0 atom stereocenters. The van der Waals surface area contributed by atoms with E-state index in [-0.39, 0.29) is 18.9 Å². The predicted molar refractivity (Wildman–Crippen MR) is 106 cm³/mol. The van der Waals surface area contributed by atoms with Gasteiger partial charge in [-0.25, -0.2) is 9.59 Å². The topological polar surface area (TPSA) is 99.8 Å². The number of hydrogen-bond donors (Lipinski definition) is 1. The molecule has 1 heterocycles. The molecule has 0 unspecified atom stereocenters. The van der Waals surface area contributed by atoms with Crippen molar-refractivity contribution < 1.29 is 23.5 Å². The number of ether oxygens (including phenoxy) is 2. The SMILES string of the molecule is COC(=O)c1cc(CNC(=O)CCCn2c(=O)oc3ccccc32)ccc1OC. The molecule has 0 aliphatic heterocycles. The number of hydrogen-bond acceptors (Lipinski definition) is 6. The number of methoxy groups -OCH3 is 2. The van der Waals surface area contributed by atoms with Gasteiger partial charge in [0.1, 0.15) is 11.3 Å². The van der Waals surface area contributed by atoms with Crippen LogP contribution in [0, 0.1) is 0 Å². The number of para-hydroxylation sites is 2. The summed E-state index contributed by atoms with van der Waals surface area (Å²) in [5.74, 6) is -0.681. The van der Waals surface area contributed by atoms with Crippen molar-refractivity contribution in [2.24, 2.45) is 0 Å². The van der Waals surface area contributed by atoms with Crippen LogP contribution in [0.25, 0.3) is 11.1 Å². The Morgan fingerprint density at radius 3 is 2.69 bits per heavy atom. The van der Waals surface area contributed by atoms with Crippen LogP contribution in [0.3, 0.4) is 0 Å². The van der Waals surface area contributed by atoms with Gasteiger partial charge in [0.2, 0.25) is 5.91 Å². The predicted octanol–water partition coefficient (Wildman–Crippen LogP) is 2.49. The van der Waals surface area contributed by atoms with Gasteiger partial charge >= 0.3 is 11.7 Å². The maximum atomic E-state index is 12.2. The molecule has 0 aliphatic carbocycles. The average Bonchev–Trinajstić information content (AvgIpc) is 3.06. The van der Waals surface area contributed by atoms with E-state index in [9.17, 15) is 14.4 Å². The summed E-state index contributed by atoms with van der Waals surface area (Å²) in [5, 5.41) is 2.81. The van der Waals surface area contributed by atoms with Crippen molar-refractivity contribution >= 4 is 23.0 Å². The minimum absolute atomic E-state index is 0.152. The maximum absolute atomic E-state index is 12.2. The zero-order chi connectivity index (χ0) is 20.8. The molecule has 0 aliphatic rings. The number of carbonyl (C=O) groups is 2. The van der Waals surface area contributed by atoms with Crippen molar-refractivity contribution in [3.63, 3.8) is 0 Å². The molecule has 0 radical (unpaired) electrons. The Morgan fingerprint density at radius 1 is 1.14 bits per heavy atom. The molecular weight excluding hydrogens is 376 g/mol. The molecule has 3 aromatic rings. The maximum Gasteiger partial charge on any atom is 0.419 e. The number of oxazole rings is 1. The van der Waals surface area contributed by atoms with Gasteiger partial charge in [0, 0.05) is 19.5 Å². The van der Waals surface area contributed by atoms with Crippen molar-refractivity contribution in [2.45, 2.75) is 25.9 Å². The lowest BCUT2D eigenvalue weighted by atomic mass is 10.1. The molecule has 1 aromatic heterocycles. The largest absolute Gasteiger partial charge is 0.496 e. The lowest BCUT2D eigenvalue weighted by molar-refractivity contribution is -0.121. The molecule has 8 nitrogen and oxygen atoms in total. The van der Waals surface area contributed by atoms with Crippen LogP contribution in [0.2, 0.25) is 0 Å². The quantitative estimate of drug-likeness (QED) is 0.585. The van der Waals surface area contributed by atoms with Gasteiger partial charge < -0.3 is 19.2 Å². The van der Waals surface area contributed by atoms with Gasteiger partial charge in [-0.05, 0) is 36.2 Å². The standard InChI is InChI=1S/C21H22N2O6/c1-27-17-10-9-14(12-15(17)20(25)28-2)13-22-19(24)8-5-11-23-16-6-3-4-7-18(16)29-21(23)26/h3-4,6-7,9-10,12H,5,8,11,13H2,1-2H3,(H,22,24). The molecule has 0 fully saturated rings. The second-order valence-corrected chi connectivity index (χ2v) is 6.39. The van der Waals surface area contributed by atoms with Crippen LogP contribution >= 0.6 is 0 Å². The Morgan fingerprint density at radius 2 is 1.93 bits per heavy atom. The van der Waals surface area contributed by atoms with Gasteiger partial charge in [0.05, 0.1) is 19.7 Å². The number of aryl methyl sites for hydroxylation is 1. The van der Waals surface area contributed by atoms with Gasteiger partial charge in [-0.3, -0.25) is 9.36 Å². The highest BCUT2D eigenvalue weighted by Crippen LogP contribution is 2.20. The lowest BCUT2D eigenvalue weighted by Crippen LogP contribution is -2.23. The molecule has 0 saturated carbocycles. The summed E-state index contributed by atoms with van der Waals surface area (Å²) in [5.41, 5.74) is 2.29. The number of nitrogens with zero attached hydrogens (tertiary/aromatic N) is 1. The number of rotatable bonds is 8. The van der Waals surface area contributed by atoms with Gasteiger partial charge in [0.25, 0.3) is 0 Å². The van der Waals surface area contributed by atoms with Crippen molar-refractivity contribution in [3.8, 4) is 5.75 Å². The van der Waals surface area contributed by atoms with Crippen LogP contribution < -0.4 is 15.8 Å². The number of esters is 1. The van der Waals surface area contributed by atoms with E-state index in [0.29, 0.717) is 35.4 Å². The van der Waals surface area contributed by atoms with E-state index in [4.69, 9.17) is 13.9 Å². The Labute approximate surface area is 167 Å². The molecule has 0 spiro atoms. The van der Waals surface area contributed by atoms with E-state index in [1.54, 1.807) is 30.3 Å². The van der Waals surface area contributed by atoms with Crippen molar-refractivity contribution in [1.82, 2.24) is 9.88 Å². The normalized spacial score (nSPS) is 10.7. The minimum atomic E-state index is -0.507. The number of amides is 1. The summed E-state index contributed by atoms with van der Waals surface area (Å²) in [6.07, 6.45) is 0.747. The second-order valence-electron chi connectivity index (χ2n) is 6.39. The highest BCUT2D eigenvalue weighted by molar-refractivity contribution is 5.92. The fraction of sp³-hybridized carbons (Fsp3) is 0.286. The molecule has 0 bridgehead atoms. The smallest absolute Gasteiger partial charge is 0.419 e. The van der Waals surface area contributed by atoms with Crippen LogP contribution in [-0.2, 0) is 22.6 Å². The zero-order valence-electron chi connectivity index (χ0n) is 16.3. The first-order valence-corrected chi connectivity index (χ1v) is 9.13.